The van der Waals surface area contributed by atoms with Crippen LogP contribution in [0.2, 0.25) is 5.02 Å². The molecular formula is C27H24ClN9O4. The zero-order valence-corrected chi connectivity index (χ0v) is 22.5. The van der Waals surface area contributed by atoms with Crippen molar-refractivity contribution in [1.82, 2.24) is 35.4 Å². The van der Waals surface area contributed by atoms with E-state index in [-0.39, 0.29) is 31.1 Å². The van der Waals surface area contributed by atoms with Gasteiger partial charge in [0.05, 0.1) is 23.3 Å². The van der Waals surface area contributed by atoms with E-state index >= 15 is 0 Å². The summed E-state index contributed by atoms with van der Waals surface area (Å²) in [4.78, 5) is 59.1. The first-order valence-corrected chi connectivity index (χ1v) is 12.9. The smallest absolute Gasteiger partial charge is 0.269 e. The molecule has 14 heteroatoms. The Kier molecular flexibility index (Phi) is 7.97. The second-order valence-electron chi connectivity index (χ2n) is 9.09. The monoisotopic (exact) mass is 573 g/mol. The Labute approximate surface area is 239 Å². The molecule has 3 heterocycles. The van der Waals surface area contributed by atoms with Crippen LogP contribution in [0.15, 0.2) is 73.2 Å². The summed E-state index contributed by atoms with van der Waals surface area (Å²) >= 11 is 6.23. The Hall–Kier alpha value is -5.17. The molecule has 1 aliphatic heterocycles. The van der Waals surface area contributed by atoms with Crippen molar-refractivity contribution in [3.8, 4) is 5.69 Å². The number of anilines is 2. The maximum Gasteiger partial charge on any atom is 0.269 e. The minimum Gasteiger partial charge on any atom is -0.354 e. The van der Waals surface area contributed by atoms with E-state index in [0.29, 0.717) is 22.1 Å². The van der Waals surface area contributed by atoms with Crippen LogP contribution in [0.1, 0.15) is 16.1 Å². The van der Waals surface area contributed by atoms with Gasteiger partial charge in [-0.2, -0.15) is 4.68 Å². The molecule has 1 atom stereocenters. The number of nitrogens with one attached hydrogen (secondary N) is 2. The molecule has 4 amide bonds. The number of nitrogens with zero attached hydrogens (tertiary/aromatic N) is 7. The number of hydrogen-bond donors (Lipinski definition) is 2. The van der Waals surface area contributed by atoms with E-state index in [2.05, 4.69) is 31.1 Å². The minimum atomic E-state index is -1.01. The summed E-state index contributed by atoms with van der Waals surface area (Å²) < 4.78 is 1.37. The maximum absolute atomic E-state index is 13.6. The first-order valence-electron chi connectivity index (χ1n) is 12.5. The summed E-state index contributed by atoms with van der Waals surface area (Å²) in [6.07, 6.45) is 2.89. The number of rotatable bonds is 8. The second-order valence-corrected chi connectivity index (χ2v) is 9.53. The predicted molar refractivity (Wildman–Crippen MR) is 148 cm³/mol. The van der Waals surface area contributed by atoms with Crippen molar-refractivity contribution >= 4 is 46.6 Å². The quantitative estimate of drug-likeness (QED) is 0.321. The van der Waals surface area contributed by atoms with Crippen molar-refractivity contribution in [2.24, 2.45) is 0 Å². The Morgan fingerprint density at radius 2 is 1.80 bits per heavy atom. The van der Waals surface area contributed by atoms with E-state index in [1.54, 1.807) is 24.3 Å². The Morgan fingerprint density at radius 1 is 1.00 bits per heavy atom. The number of carbonyl (C=O) groups is 4. The third-order valence-corrected chi connectivity index (χ3v) is 6.72. The van der Waals surface area contributed by atoms with Crippen molar-refractivity contribution < 1.29 is 19.2 Å². The molecule has 208 valence electrons. The summed E-state index contributed by atoms with van der Waals surface area (Å²) in [6, 6.07) is 16.0. The van der Waals surface area contributed by atoms with Crippen LogP contribution in [0.3, 0.4) is 0 Å². The van der Waals surface area contributed by atoms with Gasteiger partial charge in [-0.3, -0.25) is 24.1 Å². The van der Waals surface area contributed by atoms with Gasteiger partial charge in [0.15, 0.2) is 0 Å². The third kappa shape index (κ3) is 6.04. The molecule has 41 heavy (non-hydrogen) atoms. The SMILES string of the molecule is CNC(=O)c1ccc(NC(=O)C(Cc2ccccc2)N2CC(=O)N(c3cc(Cl)ccc3-n3cnnn3)CC2=O)cn1. The lowest BCUT2D eigenvalue weighted by molar-refractivity contribution is -0.143. The van der Waals surface area contributed by atoms with Gasteiger partial charge in [-0.05, 0) is 46.3 Å². The summed E-state index contributed by atoms with van der Waals surface area (Å²) in [5.41, 5.74) is 2.14. The lowest BCUT2D eigenvalue weighted by Crippen LogP contribution is -2.60. The highest BCUT2D eigenvalue weighted by Gasteiger charge is 2.39. The van der Waals surface area contributed by atoms with Gasteiger partial charge >= 0.3 is 0 Å². The van der Waals surface area contributed by atoms with Gasteiger partial charge < -0.3 is 15.5 Å². The topological polar surface area (TPSA) is 155 Å². The van der Waals surface area contributed by atoms with Crippen LogP contribution in [-0.2, 0) is 20.8 Å². The number of pyridine rings is 1. The Bertz CT molecular complexity index is 1580. The van der Waals surface area contributed by atoms with Crippen molar-refractivity contribution in [1.29, 1.82) is 0 Å². The van der Waals surface area contributed by atoms with Crippen LogP contribution >= 0.6 is 11.6 Å². The summed E-state index contributed by atoms with van der Waals surface area (Å²) in [5, 5.41) is 16.8. The van der Waals surface area contributed by atoms with Crippen LogP contribution in [-0.4, -0.2) is 79.9 Å². The molecule has 0 aliphatic carbocycles. The number of carbonyl (C=O) groups excluding carboxylic acids is 4. The Balaban J connectivity index is 1.41. The van der Waals surface area contributed by atoms with E-state index in [1.165, 1.54) is 40.1 Å². The Morgan fingerprint density at radius 3 is 2.49 bits per heavy atom. The van der Waals surface area contributed by atoms with Crippen molar-refractivity contribution in [2.45, 2.75) is 12.5 Å². The summed E-state index contributed by atoms with van der Waals surface area (Å²) in [7, 11) is 1.49. The molecule has 2 N–H and O–H groups in total. The lowest BCUT2D eigenvalue weighted by Gasteiger charge is -2.38. The molecule has 0 bridgehead atoms. The highest BCUT2D eigenvalue weighted by molar-refractivity contribution is 6.31. The predicted octanol–water partition coefficient (Wildman–Crippen LogP) is 1.50. The first kappa shape index (κ1) is 27.4. The van der Waals surface area contributed by atoms with E-state index in [9.17, 15) is 19.2 Å². The fourth-order valence-electron chi connectivity index (χ4n) is 4.45. The number of piperazine rings is 1. The van der Waals surface area contributed by atoms with Crippen molar-refractivity contribution in [3.63, 3.8) is 0 Å². The molecule has 1 unspecified atom stereocenters. The van der Waals surface area contributed by atoms with Crippen LogP contribution in [0.4, 0.5) is 11.4 Å². The molecule has 0 radical (unpaired) electrons. The molecule has 1 fully saturated rings. The number of halogens is 1. The number of tetrazole rings is 1. The highest BCUT2D eigenvalue weighted by atomic mass is 35.5. The number of hydrogen-bond acceptors (Lipinski definition) is 8. The second kappa shape index (κ2) is 11.9. The van der Waals surface area contributed by atoms with Crippen LogP contribution in [0.5, 0.6) is 0 Å². The molecule has 13 nitrogen and oxygen atoms in total. The summed E-state index contributed by atoms with van der Waals surface area (Å²) in [5.74, 6) is -1.72. The van der Waals surface area contributed by atoms with Crippen LogP contribution in [0.25, 0.3) is 5.69 Å². The van der Waals surface area contributed by atoms with E-state index in [1.807, 2.05) is 30.3 Å². The van der Waals surface area contributed by atoms with E-state index < -0.39 is 23.8 Å². The zero-order chi connectivity index (χ0) is 28.9. The van der Waals surface area contributed by atoms with Gasteiger partial charge in [0.2, 0.25) is 17.7 Å². The molecule has 2 aromatic carbocycles. The molecule has 5 rings (SSSR count). The average Bonchev–Trinajstić information content (AvgIpc) is 3.52. The maximum atomic E-state index is 13.6. The molecule has 4 aromatic rings. The van der Waals surface area contributed by atoms with Gasteiger partial charge in [0.1, 0.15) is 31.2 Å². The molecule has 1 aliphatic rings. The molecule has 0 spiro atoms. The minimum absolute atomic E-state index is 0.169. The largest absolute Gasteiger partial charge is 0.354 e. The third-order valence-electron chi connectivity index (χ3n) is 6.49. The van der Waals surface area contributed by atoms with Gasteiger partial charge in [-0.1, -0.05) is 41.9 Å². The van der Waals surface area contributed by atoms with Crippen LogP contribution in [0, 0.1) is 0 Å². The van der Waals surface area contributed by atoms with Gasteiger partial charge in [0, 0.05) is 18.5 Å². The van der Waals surface area contributed by atoms with Crippen molar-refractivity contribution in [2.75, 3.05) is 30.4 Å². The first-order chi connectivity index (χ1) is 19.8. The number of amides is 4. The highest BCUT2D eigenvalue weighted by Crippen LogP contribution is 2.30. The zero-order valence-electron chi connectivity index (χ0n) is 21.8. The molecule has 0 saturated carbocycles. The average molecular weight is 574 g/mol. The van der Waals surface area contributed by atoms with Gasteiger partial charge in [0.25, 0.3) is 5.91 Å². The number of aromatic nitrogens is 5. The number of benzene rings is 2. The van der Waals surface area contributed by atoms with Crippen molar-refractivity contribution in [3.05, 3.63) is 89.5 Å². The molecular weight excluding hydrogens is 550 g/mol. The fourth-order valence-corrected chi connectivity index (χ4v) is 4.62. The van der Waals surface area contributed by atoms with Crippen LogP contribution < -0.4 is 15.5 Å². The van der Waals surface area contributed by atoms with Gasteiger partial charge in [-0.25, -0.2) is 4.98 Å². The van der Waals surface area contributed by atoms with Gasteiger partial charge in [-0.15, -0.1) is 5.10 Å². The fraction of sp³-hybridized carbons (Fsp3) is 0.185. The molecule has 2 aromatic heterocycles. The normalized spacial score (nSPS) is 14.1. The lowest BCUT2D eigenvalue weighted by atomic mass is 10.0. The standard InChI is InChI=1S/C27H24ClN9O4/c1-29-26(40)20-9-8-19(13-30-20)32-27(41)23(11-17-5-3-2-4-6-17)36-15-24(38)35(14-25(36)39)22-12-18(28)7-10-21(22)37-16-31-33-34-37/h2-10,12-13,16,23H,11,14-15H2,1H3,(H,29,40)(H,32,41). The molecule has 1 saturated heterocycles. The van der Waals surface area contributed by atoms with E-state index in [0.717, 1.165) is 5.56 Å². The summed E-state index contributed by atoms with van der Waals surface area (Å²) in [6.45, 7) is -0.672. The van der Waals surface area contributed by atoms with E-state index in [4.69, 9.17) is 11.6 Å².